The minimum atomic E-state index is 0.411. The van der Waals surface area contributed by atoms with Gasteiger partial charge in [0.1, 0.15) is 11.1 Å². The Bertz CT molecular complexity index is 667. The quantitative estimate of drug-likeness (QED) is 0.850. The molecule has 2 aromatic heterocycles. The van der Waals surface area contributed by atoms with Crippen molar-refractivity contribution in [3.63, 3.8) is 0 Å². The van der Waals surface area contributed by atoms with Crippen molar-refractivity contribution in [1.29, 1.82) is 5.26 Å². The molecule has 2 heterocycles. The fourth-order valence-corrected chi connectivity index (χ4v) is 2.93. The van der Waals surface area contributed by atoms with Crippen molar-refractivity contribution in [2.45, 2.75) is 42.9 Å². The molecule has 0 amide bonds. The van der Waals surface area contributed by atoms with Gasteiger partial charge in [-0.05, 0) is 60.5 Å². The van der Waals surface area contributed by atoms with Gasteiger partial charge >= 0.3 is 0 Å². The molecular weight excluding hydrogens is 260 g/mol. The van der Waals surface area contributed by atoms with Crippen LogP contribution in [0, 0.1) is 25.2 Å². The third kappa shape index (κ3) is 2.31. The standard InChI is InChI=1S/C12H12N6S/c1-7-5-8(2)14-11(10(7)6-13)19-12-15-16-17-18(12)9-3-4-9/h5,9H,3-4H2,1-2H3. The van der Waals surface area contributed by atoms with Gasteiger partial charge in [-0.3, -0.25) is 0 Å². The predicted octanol–water partition coefficient (Wildman–Crippen LogP) is 2.04. The lowest BCUT2D eigenvalue weighted by molar-refractivity contribution is 0.565. The minimum absolute atomic E-state index is 0.411. The number of tetrazole rings is 1. The highest BCUT2D eigenvalue weighted by Gasteiger charge is 2.28. The van der Waals surface area contributed by atoms with Crippen LogP contribution in [-0.4, -0.2) is 25.2 Å². The maximum Gasteiger partial charge on any atom is 0.215 e. The molecule has 0 spiro atoms. The van der Waals surface area contributed by atoms with Gasteiger partial charge in [-0.2, -0.15) is 5.26 Å². The third-order valence-corrected chi connectivity index (χ3v) is 3.91. The van der Waals surface area contributed by atoms with Crippen molar-refractivity contribution in [1.82, 2.24) is 25.2 Å². The van der Waals surface area contributed by atoms with Gasteiger partial charge in [0.2, 0.25) is 5.16 Å². The number of aryl methyl sites for hydroxylation is 2. The van der Waals surface area contributed by atoms with Gasteiger partial charge in [-0.25, -0.2) is 9.67 Å². The number of pyridine rings is 1. The zero-order valence-corrected chi connectivity index (χ0v) is 11.5. The maximum absolute atomic E-state index is 9.25. The Morgan fingerprint density at radius 1 is 1.42 bits per heavy atom. The Kier molecular flexibility index (Phi) is 2.95. The summed E-state index contributed by atoms with van der Waals surface area (Å²) in [6.45, 7) is 3.84. The van der Waals surface area contributed by atoms with Crippen molar-refractivity contribution in [2.24, 2.45) is 0 Å². The van der Waals surface area contributed by atoms with Crippen molar-refractivity contribution in [2.75, 3.05) is 0 Å². The summed E-state index contributed by atoms with van der Waals surface area (Å²) >= 11 is 1.36. The molecule has 1 aliphatic carbocycles. The molecule has 7 heteroatoms. The first-order valence-corrected chi connectivity index (χ1v) is 6.84. The zero-order chi connectivity index (χ0) is 13.4. The fourth-order valence-electron chi connectivity index (χ4n) is 1.90. The van der Waals surface area contributed by atoms with Crippen LogP contribution in [0.4, 0.5) is 0 Å². The van der Waals surface area contributed by atoms with Crippen LogP contribution in [0.15, 0.2) is 16.2 Å². The molecule has 1 saturated carbocycles. The lowest BCUT2D eigenvalue weighted by atomic mass is 10.1. The van der Waals surface area contributed by atoms with Gasteiger partial charge in [0.25, 0.3) is 0 Å². The van der Waals surface area contributed by atoms with Crippen molar-refractivity contribution in [3.05, 3.63) is 22.9 Å². The second-order valence-electron chi connectivity index (χ2n) is 4.61. The van der Waals surface area contributed by atoms with Crippen LogP contribution >= 0.6 is 11.8 Å². The van der Waals surface area contributed by atoms with Crippen molar-refractivity contribution >= 4 is 11.8 Å². The van der Waals surface area contributed by atoms with E-state index in [1.54, 1.807) is 0 Å². The average molecular weight is 272 g/mol. The number of rotatable bonds is 3. The first-order valence-electron chi connectivity index (χ1n) is 6.03. The SMILES string of the molecule is Cc1cc(C)c(C#N)c(Sc2nnnn2C2CC2)n1. The first kappa shape index (κ1) is 12.1. The van der Waals surface area contributed by atoms with E-state index in [9.17, 15) is 5.26 Å². The first-order chi connectivity index (χ1) is 9.19. The van der Waals surface area contributed by atoms with Crippen molar-refractivity contribution in [3.8, 4) is 6.07 Å². The zero-order valence-electron chi connectivity index (χ0n) is 10.7. The molecule has 1 fully saturated rings. The van der Waals surface area contributed by atoms with Crippen LogP contribution in [0.1, 0.15) is 35.7 Å². The third-order valence-electron chi connectivity index (χ3n) is 2.97. The second-order valence-corrected chi connectivity index (χ2v) is 5.57. The van der Waals surface area contributed by atoms with Crippen molar-refractivity contribution < 1.29 is 0 Å². The number of nitriles is 1. The fraction of sp³-hybridized carbons (Fsp3) is 0.417. The van der Waals surface area contributed by atoms with E-state index >= 15 is 0 Å². The molecule has 0 bridgehead atoms. The lowest BCUT2D eigenvalue weighted by Crippen LogP contribution is -2.00. The van der Waals surface area contributed by atoms with E-state index < -0.39 is 0 Å². The van der Waals surface area contributed by atoms with Crippen LogP contribution in [0.25, 0.3) is 0 Å². The van der Waals surface area contributed by atoms with Crippen LogP contribution < -0.4 is 0 Å². The van der Waals surface area contributed by atoms with E-state index in [2.05, 4.69) is 26.6 Å². The minimum Gasteiger partial charge on any atom is -0.245 e. The summed E-state index contributed by atoms with van der Waals surface area (Å²) in [4.78, 5) is 4.43. The molecule has 2 aromatic rings. The van der Waals surface area contributed by atoms with Gasteiger partial charge < -0.3 is 0 Å². The lowest BCUT2D eigenvalue weighted by Gasteiger charge is -2.06. The van der Waals surface area contributed by atoms with Gasteiger partial charge in [0, 0.05) is 5.69 Å². The molecule has 1 aliphatic rings. The van der Waals surface area contributed by atoms with E-state index in [0.29, 0.717) is 21.8 Å². The second kappa shape index (κ2) is 4.63. The number of nitrogens with zero attached hydrogens (tertiary/aromatic N) is 6. The van der Waals surface area contributed by atoms with E-state index in [1.807, 2.05) is 24.6 Å². The van der Waals surface area contributed by atoms with E-state index in [0.717, 1.165) is 24.1 Å². The van der Waals surface area contributed by atoms with Gasteiger partial charge in [-0.15, -0.1) is 5.10 Å². The molecule has 0 unspecified atom stereocenters. The summed E-state index contributed by atoms with van der Waals surface area (Å²) in [6.07, 6.45) is 2.23. The molecule has 0 aliphatic heterocycles. The molecule has 0 N–H and O–H groups in total. The van der Waals surface area contributed by atoms with Crippen LogP contribution in [0.2, 0.25) is 0 Å². The summed E-state index contributed by atoms with van der Waals surface area (Å²) < 4.78 is 1.82. The summed E-state index contributed by atoms with van der Waals surface area (Å²) in [5.74, 6) is 0. The Morgan fingerprint density at radius 2 is 2.21 bits per heavy atom. The number of hydrogen-bond acceptors (Lipinski definition) is 6. The highest BCUT2D eigenvalue weighted by molar-refractivity contribution is 7.99. The summed E-state index contributed by atoms with van der Waals surface area (Å²) in [6, 6.07) is 4.53. The van der Waals surface area contributed by atoms with E-state index in [1.165, 1.54) is 11.8 Å². The number of hydrogen-bond donors (Lipinski definition) is 0. The summed E-state index contributed by atoms with van der Waals surface area (Å²) in [5, 5.41) is 22.4. The highest BCUT2D eigenvalue weighted by atomic mass is 32.2. The van der Waals surface area contributed by atoms with Crippen LogP contribution in [0.3, 0.4) is 0 Å². The highest BCUT2D eigenvalue weighted by Crippen LogP contribution is 2.38. The Hall–Kier alpha value is -1.94. The van der Waals surface area contributed by atoms with Crippen LogP contribution in [-0.2, 0) is 0 Å². The Balaban J connectivity index is 1.99. The molecule has 19 heavy (non-hydrogen) atoms. The smallest absolute Gasteiger partial charge is 0.215 e. The van der Waals surface area contributed by atoms with Gasteiger partial charge in [-0.1, -0.05) is 0 Å². The van der Waals surface area contributed by atoms with Gasteiger partial charge in [0.05, 0.1) is 11.6 Å². The Labute approximate surface area is 114 Å². The number of aromatic nitrogens is 5. The molecule has 0 atom stereocenters. The summed E-state index contributed by atoms with van der Waals surface area (Å²) in [5.41, 5.74) is 2.42. The molecule has 0 radical (unpaired) electrons. The average Bonchev–Trinajstić information content (AvgIpc) is 3.10. The Morgan fingerprint density at radius 3 is 2.89 bits per heavy atom. The van der Waals surface area contributed by atoms with Crippen LogP contribution in [0.5, 0.6) is 0 Å². The molecule has 6 nitrogen and oxygen atoms in total. The largest absolute Gasteiger partial charge is 0.245 e. The molecule has 0 aromatic carbocycles. The molecule has 0 saturated heterocycles. The molecule has 96 valence electrons. The maximum atomic E-state index is 9.25. The normalized spacial score (nSPS) is 14.4. The van der Waals surface area contributed by atoms with E-state index in [4.69, 9.17) is 0 Å². The van der Waals surface area contributed by atoms with Gasteiger partial charge in [0.15, 0.2) is 0 Å². The molecular formula is C12H12N6S. The summed E-state index contributed by atoms with van der Waals surface area (Å²) in [7, 11) is 0. The topological polar surface area (TPSA) is 80.3 Å². The molecule has 3 rings (SSSR count). The van der Waals surface area contributed by atoms with E-state index in [-0.39, 0.29) is 0 Å². The predicted molar refractivity (Wildman–Crippen MR) is 68.6 cm³/mol. The monoisotopic (exact) mass is 272 g/mol.